The van der Waals surface area contributed by atoms with E-state index in [1.165, 1.54) is 18.4 Å². The van der Waals surface area contributed by atoms with Crippen molar-refractivity contribution in [3.63, 3.8) is 0 Å². The highest BCUT2D eigenvalue weighted by Crippen LogP contribution is 2.41. The number of anilines is 1. The molecule has 0 bridgehead atoms. The van der Waals surface area contributed by atoms with Crippen molar-refractivity contribution in [2.45, 2.75) is 6.92 Å². The van der Waals surface area contributed by atoms with E-state index in [-0.39, 0.29) is 5.56 Å². The van der Waals surface area contributed by atoms with E-state index < -0.39 is 11.9 Å². The van der Waals surface area contributed by atoms with Crippen molar-refractivity contribution in [2.75, 3.05) is 12.4 Å². The highest BCUT2D eigenvalue weighted by Gasteiger charge is 2.21. The zero-order valence-corrected chi connectivity index (χ0v) is 13.5. The molecule has 0 spiro atoms. The number of nitrogens with one attached hydrogen (secondary N) is 1. The summed E-state index contributed by atoms with van der Waals surface area (Å²) < 4.78 is 5.11. The number of benzene rings is 1. The molecule has 0 unspecified atom stereocenters. The molecule has 3 amide bonds. The predicted octanol–water partition coefficient (Wildman–Crippen LogP) is 2.98. The molecule has 2 aromatic rings. The van der Waals surface area contributed by atoms with Crippen LogP contribution in [0.1, 0.15) is 15.9 Å². The van der Waals surface area contributed by atoms with Gasteiger partial charge in [0, 0.05) is 4.88 Å². The molecule has 0 atom stereocenters. The van der Waals surface area contributed by atoms with E-state index >= 15 is 0 Å². The maximum absolute atomic E-state index is 11.6. The van der Waals surface area contributed by atoms with Gasteiger partial charge in [-0.2, -0.15) is 0 Å². The topological polar surface area (TPSA) is 107 Å². The van der Waals surface area contributed by atoms with Crippen molar-refractivity contribution in [3.8, 4) is 16.2 Å². The Labute approximate surface area is 136 Å². The molecule has 2 rings (SSSR count). The largest absolute Gasteiger partial charge is 0.495 e. The second kappa shape index (κ2) is 6.25. The van der Waals surface area contributed by atoms with E-state index in [2.05, 4.69) is 5.32 Å². The van der Waals surface area contributed by atoms with Crippen LogP contribution in [-0.2, 0) is 0 Å². The van der Waals surface area contributed by atoms with Crippen molar-refractivity contribution in [1.82, 2.24) is 0 Å². The maximum Gasteiger partial charge on any atom is 0.317 e. The smallest absolute Gasteiger partial charge is 0.317 e. The van der Waals surface area contributed by atoms with E-state index in [0.717, 1.165) is 10.4 Å². The van der Waals surface area contributed by atoms with Gasteiger partial charge in [-0.15, -0.1) is 11.3 Å². The van der Waals surface area contributed by atoms with Crippen LogP contribution in [0.4, 0.5) is 9.80 Å². The van der Waals surface area contributed by atoms with Crippen LogP contribution in [0.5, 0.6) is 5.75 Å². The standard InChI is InChI=1S/C14H14ClN3O3S/c1-6-10(12(16)19)13(18-14(17)20)22-11(6)7-3-4-9(21-2)8(15)5-7/h3-5H,1-2H3,(H2,16,19)(H3,17,18,20). The first kappa shape index (κ1) is 16.1. The minimum absolute atomic E-state index is 0.241. The summed E-state index contributed by atoms with van der Waals surface area (Å²) in [5.74, 6) is -0.0893. The number of hydrogen-bond acceptors (Lipinski definition) is 4. The number of primary amides is 2. The lowest BCUT2D eigenvalue weighted by Crippen LogP contribution is -2.21. The number of thiophene rings is 1. The third-order valence-corrected chi connectivity index (χ3v) is 4.60. The number of urea groups is 1. The molecule has 0 fully saturated rings. The minimum atomic E-state index is -0.761. The normalized spacial score (nSPS) is 10.3. The lowest BCUT2D eigenvalue weighted by Gasteiger charge is -2.05. The number of carbonyl (C=O) groups is 2. The predicted molar refractivity (Wildman–Crippen MR) is 87.8 cm³/mol. The summed E-state index contributed by atoms with van der Waals surface area (Å²) in [5.41, 5.74) is 12.2. The Morgan fingerprint density at radius 2 is 2.00 bits per heavy atom. The van der Waals surface area contributed by atoms with E-state index in [1.807, 2.05) is 6.07 Å². The number of amides is 3. The second-order valence-corrected chi connectivity index (χ2v) is 5.89. The van der Waals surface area contributed by atoms with Crippen molar-refractivity contribution < 1.29 is 14.3 Å². The van der Waals surface area contributed by atoms with Crippen LogP contribution >= 0.6 is 22.9 Å². The average Bonchev–Trinajstić information content (AvgIpc) is 2.74. The van der Waals surface area contributed by atoms with Gasteiger partial charge in [0.2, 0.25) is 0 Å². The number of methoxy groups -OCH3 is 1. The summed E-state index contributed by atoms with van der Waals surface area (Å²) in [6, 6.07) is 4.49. The first-order valence-electron chi connectivity index (χ1n) is 6.18. The van der Waals surface area contributed by atoms with Gasteiger partial charge in [0.25, 0.3) is 5.91 Å². The summed E-state index contributed by atoms with van der Waals surface area (Å²) >= 11 is 7.33. The van der Waals surface area contributed by atoms with Gasteiger partial charge in [-0.05, 0) is 36.2 Å². The van der Waals surface area contributed by atoms with Gasteiger partial charge in [-0.1, -0.05) is 11.6 Å². The van der Waals surface area contributed by atoms with Gasteiger partial charge < -0.3 is 16.2 Å². The van der Waals surface area contributed by atoms with Crippen LogP contribution in [0.25, 0.3) is 10.4 Å². The fourth-order valence-electron chi connectivity index (χ4n) is 2.09. The third-order valence-electron chi connectivity index (χ3n) is 3.04. The fraction of sp³-hybridized carbons (Fsp3) is 0.143. The van der Waals surface area contributed by atoms with E-state index in [9.17, 15) is 9.59 Å². The summed E-state index contributed by atoms with van der Waals surface area (Å²) in [5, 5.41) is 3.18. The maximum atomic E-state index is 11.6. The lowest BCUT2D eigenvalue weighted by atomic mass is 10.1. The number of nitrogens with two attached hydrogens (primary N) is 2. The van der Waals surface area contributed by atoms with Crippen molar-refractivity contribution in [3.05, 3.63) is 34.3 Å². The first-order valence-corrected chi connectivity index (χ1v) is 7.38. The highest BCUT2D eigenvalue weighted by atomic mass is 35.5. The molecule has 0 aliphatic carbocycles. The van der Waals surface area contributed by atoms with Crippen LogP contribution in [0.15, 0.2) is 18.2 Å². The van der Waals surface area contributed by atoms with Crippen LogP contribution < -0.4 is 21.5 Å². The number of hydrogen-bond donors (Lipinski definition) is 3. The van der Waals surface area contributed by atoms with Gasteiger partial charge in [-0.25, -0.2) is 4.79 Å². The van der Waals surface area contributed by atoms with Gasteiger partial charge in [0.15, 0.2) is 0 Å². The summed E-state index contributed by atoms with van der Waals surface area (Å²) in [6.45, 7) is 1.75. The zero-order chi connectivity index (χ0) is 16.4. The lowest BCUT2D eigenvalue weighted by molar-refractivity contribution is 0.100. The first-order chi connectivity index (χ1) is 10.3. The van der Waals surface area contributed by atoms with E-state index in [1.54, 1.807) is 19.1 Å². The van der Waals surface area contributed by atoms with Crippen LogP contribution in [0, 0.1) is 6.92 Å². The highest BCUT2D eigenvalue weighted by molar-refractivity contribution is 7.20. The molecule has 0 saturated carbocycles. The molecule has 0 radical (unpaired) electrons. The fourth-order valence-corrected chi connectivity index (χ4v) is 3.56. The molecule has 0 aliphatic heterocycles. The second-order valence-electron chi connectivity index (χ2n) is 4.46. The van der Waals surface area contributed by atoms with Crippen molar-refractivity contribution >= 4 is 39.9 Å². The van der Waals surface area contributed by atoms with Gasteiger partial charge in [-0.3, -0.25) is 10.1 Å². The Morgan fingerprint density at radius 1 is 1.32 bits per heavy atom. The number of halogens is 1. The Balaban J connectivity index is 2.58. The van der Waals surface area contributed by atoms with E-state index in [0.29, 0.717) is 21.3 Å². The minimum Gasteiger partial charge on any atom is -0.495 e. The van der Waals surface area contributed by atoms with E-state index in [4.69, 9.17) is 27.8 Å². The SMILES string of the molecule is COc1ccc(-c2sc(NC(N)=O)c(C(N)=O)c2C)cc1Cl. The molecular weight excluding hydrogens is 326 g/mol. The molecular formula is C14H14ClN3O3S. The molecule has 22 heavy (non-hydrogen) atoms. The Bertz CT molecular complexity index is 758. The average molecular weight is 340 g/mol. The molecule has 1 aromatic carbocycles. The third kappa shape index (κ3) is 3.00. The van der Waals surface area contributed by atoms with Gasteiger partial charge in [0.1, 0.15) is 10.8 Å². The Kier molecular flexibility index (Phi) is 4.58. The molecule has 8 heteroatoms. The van der Waals surface area contributed by atoms with Crippen LogP contribution in [0.3, 0.4) is 0 Å². The number of ether oxygens (including phenoxy) is 1. The number of rotatable bonds is 4. The quantitative estimate of drug-likeness (QED) is 0.796. The van der Waals surface area contributed by atoms with Crippen LogP contribution in [-0.4, -0.2) is 19.0 Å². The molecule has 0 saturated heterocycles. The molecule has 5 N–H and O–H groups in total. The zero-order valence-electron chi connectivity index (χ0n) is 11.9. The summed E-state index contributed by atoms with van der Waals surface area (Å²) in [6.07, 6.45) is 0. The molecule has 1 aromatic heterocycles. The molecule has 6 nitrogen and oxygen atoms in total. The molecule has 0 aliphatic rings. The monoisotopic (exact) mass is 339 g/mol. The summed E-state index contributed by atoms with van der Waals surface area (Å²) in [4.78, 5) is 23.5. The van der Waals surface area contributed by atoms with Crippen molar-refractivity contribution in [1.29, 1.82) is 0 Å². The molecule has 1 heterocycles. The van der Waals surface area contributed by atoms with Crippen molar-refractivity contribution in [2.24, 2.45) is 11.5 Å². The van der Waals surface area contributed by atoms with Gasteiger partial charge in [0.05, 0.1) is 17.7 Å². The number of carbonyl (C=O) groups excluding carboxylic acids is 2. The summed E-state index contributed by atoms with van der Waals surface area (Å²) in [7, 11) is 1.53. The van der Waals surface area contributed by atoms with Gasteiger partial charge >= 0.3 is 6.03 Å². The Morgan fingerprint density at radius 3 is 2.50 bits per heavy atom. The molecule has 116 valence electrons. The Hall–Kier alpha value is -2.25. The van der Waals surface area contributed by atoms with Crippen LogP contribution in [0.2, 0.25) is 5.02 Å².